The van der Waals surface area contributed by atoms with E-state index in [4.69, 9.17) is 4.43 Å². The Morgan fingerprint density at radius 2 is 1.30 bits per heavy atom. The van der Waals surface area contributed by atoms with Crippen LogP contribution in [0.1, 0.15) is 17.2 Å². The van der Waals surface area contributed by atoms with Gasteiger partial charge in [-0.15, -0.1) is 0 Å². The topological polar surface area (TPSA) is 21.3 Å². The highest BCUT2D eigenvalue weighted by Gasteiger charge is 2.20. The minimum Gasteiger partial charge on any atom is -0.544 e. The summed E-state index contributed by atoms with van der Waals surface area (Å²) < 4.78 is 6.47. The molecule has 0 aliphatic rings. The molecule has 0 heterocycles. The highest BCUT2D eigenvalue weighted by atomic mass is 28.4. The molecule has 1 N–H and O–H groups in total. The second-order valence-corrected chi connectivity index (χ2v) is 11.9. The van der Waals surface area contributed by atoms with Gasteiger partial charge >= 0.3 is 0 Å². The van der Waals surface area contributed by atoms with Crippen LogP contribution in [0.5, 0.6) is 0 Å². The quantitative estimate of drug-likeness (QED) is 0.366. The average molecular weight is 374 g/mol. The first-order valence-corrected chi connectivity index (χ1v) is 12.7. The molecule has 3 rings (SSSR count). The van der Waals surface area contributed by atoms with E-state index in [1.54, 1.807) is 0 Å². The van der Waals surface area contributed by atoms with Crippen molar-refractivity contribution in [3.05, 3.63) is 108 Å². The van der Waals surface area contributed by atoms with Gasteiger partial charge in [-0.25, -0.2) is 0 Å². The molecule has 0 saturated heterocycles. The zero-order valence-corrected chi connectivity index (χ0v) is 17.2. The van der Waals surface area contributed by atoms with E-state index < -0.39 is 8.32 Å². The zero-order chi connectivity index (χ0) is 19.1. The minimum atomic E-state index is -1.76. The lowest BCUT2D eigenvalue weighted by molar-refractivity contribution is 0.511. The molecule has 1 atom stereocenters. The lowest BCUT2D eigenvalue weighted by Crippen LogP contribution is -2.25. The van der Waals surface area contributed by atoms with Crippen molar-refractivity contribution >= 4 is 19.8 Å². The Labute approximate surface area is 163 Å². The standard InChI is InChI=1S/C24H27NOSi/c1-27(2,3)26-24(21-15-9-5-10-16-21)19-23(20-13-7-4-8-14-20)25-22-17-11-6-12-18-22/h4-19,23,25H,1-3H3/b24-19+. The van der Waals surface area contributed by atoms with Crippen LogP contribution in [0.15, 0.2) is 97.1 Å². The molecule has 0 aromatic heterocycles. The summed E-state index contributed by atoms with van der Waals surface area (Å²) in [5.41, 5.74) is 3.40. The minimum absolute atomic E-state index is 0.0140. The Morgan fingerprint density at radius 3 is 1.85 bits per heavy atom. The summed E-state index contributed by atoms with van der Waals surface area (Å²) >= 11 is 0. The van der Waals surface area contributed by atoms with Gasteiger partial charge in [-0.3, -0.25) is 0 Å². The molecule has 0 radical (unpaired) electrons. The van der Waals surface area contributed by atoms with Crippen molar-refractivity contribution in [3.63, 3.8) is 0 Å². The molecule has 0 aliphatic heterocycles. The molecular weight excluding hydrogens is 346 g/mol. The van der Waals surface area contributed by atoms with E-state index in [1.807, 2.05) is 30.3 Å². The van der Waals surface area contributed by atoms with Crippen LogP contribution >= 0.6 is 0 Å². The van der Waals surface area contributed by atoms with Gasteiger partial charge in [0.25, 0.3) is 0 Å². The second kappa shape index (κ2) is 8.74. The lowest BCUT2D eigenvalue weighted by atomic mass is 10.0. The number of hydrogen-bond acceptors (Lipinski definition) is 2. The highest BCUT2D eigenvalue weighted by molar-refractivity contribution is 6.70. The first-order valence-electron chi connectivity index (χ1n) is 9.34. The van der Waals surface area contributed by atoms with Crippen molar-refractivity contribution < 1.29 is 4.43 Å². The van der Waals surface area contributed by atoms with Crippen molar-refractivity contribution in [3.8, 4) is 0 Å². The summed E-state index contributed by atoms with van der Waals surface area (Å²) in [7, 11) is -1.76. The first kappa shape index (κ1) is 19.0. The fourth-order valence-corrected chi connectivity index (χ4v) is 3.71. The molecule has 0 bridgehead atoms. The van der Waals surface area contributed by atoms with Crippen molar-refractivity contribution in [1.82, 2.24) is 0 Å². The Morgan fingerprint density at radius 1 is 0.778 bits per heavy atom. The first-order chi connectivity index (χ1) is 13.0. The summed E-state index contributed by atoms with van der Waals surface area (Å²) in [6.45, 7) is 6.64. The highest BCUT2D eigenvalue weighted by Crippen LogP contribution is 2.28. The summed E-state index contributed by atoms with van der Waals surface area (Å²) in [5.74, 6) is 0.937. The lowest BCUT2D eigenvalue weighted by Gasteiger charge is -2.25. The van der Waals surface area contributed by atoms with Crippen LogP contribution in [0, 0.1) is 0 Å². The molecule has 27 heavy (non-hydrogen) atoms. The molecule has 0 spiro atoms. The molecule has 3 aromatic rings. The van der Waals surface area contributed by atoms with Crippen LogP contribution in [-0.4, -0.2) is 8.32 Å². The van der Waals surface area contributed by atoms with E-state index in [0.29, 0.717) is 0 Å². The zero-order valence-electron chi connectivity index (χ0n) is 16.2. The molecule has 0 amide bonds. The molecule has 3 aromatic carbocycles. The van der Waals surface area contributed by atoms with E-state index >= 15 is 0 Å². The smallest absolute Gasteiger partial charge is 0.242 e. The fraction of sp³-hybridized carbons (Fsp3) is 0.167. The maximum atomic E-state index is 6.47. The number of nitrogens with one attached hydrogen (secondary N) is 1. The summed E-state index contributed by atoms with van der Waals surface area (Å²) in [4.78, 5) is 0. The Kier molecular flexibility index (Phi) is 6.15. The van der Waals surface area contributed by atoms with Crippen LogP contribution in [0.2, 0.25) is 19.6 Å². The van der Waals surface area contributed by atoms with Gasteiger partial charge < -0.3 is 9.74 Å². The van der Waals surface area contributed by atoms with Crippen LogP contribution in [0.25, 0.3) is 5.76 Å². The average Bonchev–Trinajstić information content (AvgIpc) is 2.68. The van der Waals surface area contributed by atoms with Crippen molar-refractivity contribution in [2.75, 3.05) is 5.32 Å². The molecule has 0 aliphatic carbocycles. The van der Waals surface area contributed by atoms with E-state index in [2.05, 4.69) is 91.7 Å². The van der Waals surface area contributed by atoms with E-state index in [0.717, 1.165) is 17.0 Å². The van der Waals surface area contributed by atoms with Gasteiger partial charge in [0.2, 0.25) is 8.32 Å². The summed E-state index contributed by atoms with van der Waals surface area (Å²) in [6.07, 6.45) is 2.20. The molecule has 0 fully saturated rings. The molecule has 2 nitrogen and oxygen atoms in total. The van der Waals surface area contributed by atoms with E-state index in [-0.39, 0.29) is 6.04 Å². The largest absolute Gasteiger partial charge is 0.544 e. The SMILES string of the molecule is C[Si](C)(C)O/C(=C/C(Nc1ccccc1)c1ccccc1)c1ccccc1. The van der Waals surface area contributed by atoms with Crippen molar-refractivity contribution in [1.29, 1.82) is 0 Å². The number of benzene rings is 3. The van der Waals surface area contributed by atoms with Crippen LogP contribution in [-0.2, 0) is 4.43 Å². The van der Waals surface area contributed by atoms with Gasteiger partial charge in [0.05, 0.1) is 6.04 Å². The number of para-hydroxylation sites is 1. The summed E-state index contributed by atoms with van der Waals surface area (Å²) in [6, 6.07) is 31.2. The molecule has 1 unspecified atom stereocenters. The van der Waals surface area contributed by atoms with Crippen LogP contribution < -0.4 is 5.32 Å². The predicted octanol–water partition coefficient (Wildman–Crippen LogP) is 6.73. The van der Waals surface area contributed by atoms with Crippen LogP contribution in [0.4, 0.5) is 5.69 Å². The second-order valence-electron chi connectivity index (χ2n) is 7.51. The molecule has 0 saturated carbocycles. The van der Waals surface area contributed by atoms with Gasteiger partial charge in [-0.2, -0.15) is 0 Å². The Bertz CT molecular complexity index is 855. The maximum Gasteiger partial charge on any atom is 0.242 e. The van der Waals surface area contributed by atoms with Crippen molar-refractivity contribution in [2.24, 2.45) is 0 Å². The maximum absolute atomic E-state index is 6.47. The van der Waals surface area contributed by atoms with Gasteiger partial charge in [0.15, 0.2) is 0 Å². The fourth-order valence-electron chi connectivity index (χ4n) is 2.87. The van der Waals surface area contributed by atoms with Gasteiger partial charge in [-0.05, 0) is 43.4 Å². The monoisotopic (exact) mass is 373 g/mol. The third-order valence-electron chi connectivity index (χ3n) is 4.05. The Hall–Kier alpha value is -2.78. The number of anilines is 1. The van der Waals surface area contributed by atoms with E-state index in [9.17, 15) is 0 Å². The number of hydrogen-bond donors (Lipinski definition) is 1. The Balaban J connectivity index is 2.02. The van der Waals surface area contributed by atoms with E-state index in [1.165, 1.54) is 5.56 Å². The van der Waals surface area contributed by atoms with Crippen molar-refractivity contribution in [2.45, 2.75) is 25.7 Å². The third-order valence-corrected chi connectivity index (χ3v) is 4.88. The van der Waals surface area contributed by atoms with Gasteiger partial charge in [-0.1, -0.05) is 78.9 Å². The predicted molar refractivity (Wildman–Crippen MR) is 118 cm³/mol. The van der Waals surface area contributed by atoms with Gasteiger partial charge in [0.1, 0.15) is 5.76 Å². The summed E-state index contributed by atoms with van der Waals surface area (Å²) in [5, 5.41) is 3.64. The molecular formula is C24H27NOSi. The van der Waals surface area contributed by atoms with Crippen LogP contribution in [0.3, 0.4) is 0 Å². The van der Waals surface area contributed by atoms with Gasteiger partial charge in [0, 0.05) is 11.3 Å². The molecule has 138 valence electrons. The third kappa shape index (κ3) is 5.86. The normalized spacial score (nSPS) is 13.1. The number of rotatable bonds is 7. The molecule has 3 heteroatoms.